The van der Waals surface area contributed by atoms with Crippen molar-refractivity contribution in [3.05, 3.63) is 35.1 Å². The number of aryl methyl sites for hydroxylation is 1. The molecule has 0 amide bonds. The van der Waals surface area contributed by atoms with E-state index in [0.29, 0.717) is 12.0 Å². The predicted molar refractivity (Wildman–Crippen MR) is 61.7 cm³/mol. The van der Waals surface area contributed by atoms with Gasteiger partial charge < -0.3 is 10.4 Å². The van der Waals surface area contributed by atoms with Crippen LogP contribution in [0.25, 0.3) is 0 Å². The number of piperidine rings is 1. The molecule has 0 radical (unpaired) electrons. The number of hydrogen-bond donors (Lipinski definition) is 2. The van der Waals surface area contributed by atoms with E-state index >= 15 is 0 Å². The van der Waals surface area contributed by atoms with Crippen LogP contribution in [0.1, 0.15) is 24.5 Å². The van der Waals surface area contributed by atoms with Gasteiger partial charge in [-0.15, -0.1) is 0 Å². The van der Waals surface area contributed by atoms with E-state index in [-0.39, 0.29) is 11.7 Å². The zero-order valence-corrected chi connectivity index (χ0v) is 9.76. The van der Waals surface area contributed by atoms with Crippen molar-refractivity contribution in [1.29, 1.82) is 0 Å². The first kappa shape index (κ1) is 11.6. The van der Waals surface area contributed by atoms with Crippen LogP contribution in [0, 0.1) is 18.7 Å². The van der Waals surface area contributed by atoms with Gasteiger partial charge in [-0.2, -0.15) is 0 Å². The number of nitrogens with one attached hydrogen (secondary N) is 1. The summed E-state index contributed by atoms with van der Waals surface area (Å²) < 4.78 is 13.4. The number of halogens is 1. The summed E-state index contributed by atoms with van der Waals surface area (Å²) in [5.74, 6) is -0.170. The van der Waals surface area contributed by atoms with Crippen molar-refractivity contribution < 1.29 is 9.50 Å². The standard InChI is InChI=1S/C13H18FNO/c1-9-5-11(7-12(14)6-9)13(16)3-4-15-8-10(13)2/h5-7,10,15-16H,3-4,8H2,1-2H3. The minimum atomic E-state index is -0.891. The number of rotatable bonds is 1. The fraction of sp³-hybridized carbons (Fsp3) is 0.538. The summed E-state index contributed by atoms with van der Waals surface area (Å²) in [6, 6.07) is 4.82. The van der Waals surface area contributed by atoms with Crippen LogP contribution < -0.4 is 5.32 Å². The lowest BCUT2D eigenvalue weighted by molar-refractivity contribution is -0.0394. The lowest BCUT2D eigenvalue weighted by Crippen LogP contribution is -2.46. The highest BCUT2D eigenvalue weighted by Gasteiger charge is 2.37. The number of benzene rings is 1. The normalized spacial score (nSPS) is 30.4. The molecule has 1 aromatic carbocycles. The Morgan fingerprint density at radius 3 is 2.81 bits per heavy atom. The van der Waals surface area contributed by atoms with Crippen LogP contribution in [0.3, 0.4) is 0 Å². The molecule has 1 aromatic rings. The summed E-state index contributed by atoms with van der Waals surface area (Å²) in [4.78, 5) is 0. The molecule has 1 heterocycles. The largest absolute Gasteiger partial charge is 0.385 e. The monoisotopic (exact) mass is 223 g/mol. The van der Waals surface area contributed by atoms with Gasteiger partial charge in [-0.3, -0.25) is 0 Å². The molecule has 2 atom stereocenters. The molecule has 0 aliphatic carbocycles. The predicted octanol–water partition coefficient (Wildman–Crippen LogP) is 1.95. The Hall–Kier alpha value is -0.930. The Labute approximate surface area is 95.5 Å². The molecule has 0 saturated carbocycles. The van der Waals surface area contributed by atoms with Crippen LogP contribution in [-0.4, -0.2) is 18.2 Å². The fourth-order valence-electron chi connectivity index (χ4n) is 2.43. The molecule has 16 heavy (non-hydrogen) atoms. The van der Waals surface area contributed by atoms with Crippen LogP contribution in [0.5, 0.6) is 0 Å². The Morgan fingerprint density at radius 2 is 2.19 bits per heavy atom. The van der Waals surface area contributed by atoms with Gasteiger partial charge in [-0.25, -0.2) is 4.39 Å². The molecule has 0 bridgehead atoms. The van der Waals surface area contributed by atoms with Gasteiger partial charge in [0.2, 0.25) is 0 Å². The summed E-state index contributed by atoms with van der Waals surface area (Å²) >= 11 is 0. The molecule has 2 N–H and O–H groups in total. The maximum Gasteiger partial charge on any atom is 0.123 e. The molecular weight excluding hydrogens is 205 g/mol. The average Bonchev–Trinajstić information content (AvgIpc) is 2.21. The fourth-order valence-corrected chi connectivity index (χ4v) is 2.43. The van der Waals surface area contributed by atoms with E-state index in [0.717, 1.165) is 18.7 Å². The van der Waals surface area contributed by atoms with Gasteiger partial charge in [0.15, 0.2) is 0 Å². The molecule has 3 heteroatoms. The highest BCUT2D eigenvalue weighted by atomic mass is 19.1. The zero-order valence-electron chi connectivity index (χ0n) is 9.76. The maximum atomic E-state index is 13.4. The van der Waals surface area contributed by atoms with E-state index in [2.05, 4.69) is 5.32 Å². The first-order valence-corrected chi connectivity index (χ1v) is 5.73. The maximum absolute atomic E-state index is 13.4. The smallest absolute Gasteiger partial charge is 0.123 e. The zero-order chi connectivity index (χ0) is 11.8. The van der Waals surface area contributed by atoms with Gasteiger partial charge in [-0.1, -0.05) is 13.0 Å². The molecule has 0 spiro atoms. The Kier molecular flexibility index (Phi) is 3.00. The highest BCUT2D eigenvalue weighted by molar-refractivity contribution is 5.29. The first-order chi connectivity index (χ1) is 7.52. The van der Waals surface area contributed by atoms with Crippen LogP contribution in [0.4, 0.5) is 4.39 Å². The second-order valence-corrected chi connectivity index (χ2v) is 4.80. The van der Waals surface area contributed by atoms with Gasteiger partial charge in [0, 0.05) is 12.5 Å². The highest BCUT2D eigenvalue weighted by Crippen LogP contribution is 2.35. The first-order valence-electron chi connectivity index (χ1n) is 5.73. The van der Waals surface area contributed by atoms with Crippen molar-refractivity contribution in [1.82, 2.24) is 5.32 Å². The number of aliphatic hydroxyl groups is 1. The third-order valence-corrected chi connectivity index (χ3v) is 3.49. The Balaban J connectivity index is 2.40. The molecule has 1 fully saturated rings. The SMILES string of the molecule is Cc1cc(F)cc(C2(O)CCNCC2C)c1. The molecule has 0 aromatic heterocycles. The molecule has 1 saturated heterocycles. The van der Waals surface area contributed by atoms with E-state index in [1.165, 1.54) is 12.1 Å². The van der Waals surface area contributed by atoms with E-state index in [1.807, 2.05) is 19.9 Å². The molecule has 1 aliphatic rings. The van der Waals surface area contributed by atoms with Gasteiger partial charge in [0.05, 0.1) is 5.60 Å². The van der Waals surface area contributed by atoms with Crippen molar-refractivity contribution in [2.45, 2.75) is 25.9 Å². The summed E-state index contributed by atoms with van der Waals surface area (Å²) in [6.07, 6.45) is 0.636. The summed E-state index contributed by atoms with van der Waals surface area (Å²) in [5, 5.41) is 13.9. The van der Waals surface area contributed by atoms with Crippen molar-refractivity contribution >= 4 is 0 Å². The summed E-state index contributed by atoms with van der Waals surface area (Å²) in [6.45, 7) is 5.39. The second kappa shape index (κ2) is 4.15. The van der Waals surface area contributed by atoms with Crippen LogP contribution in [0.2, 0.25) is 0 Å². The summed E-state index contributed by atoms with van der Waals surface area (Å²) in [5.41, 5.74) is 0.672. The topological polar surface area (TPSA) is 32.3 Å². The molecular formula is C13H18FNO. The van der Waals surface area contributed by atoms with Gasteiger partial charge >= 0.3 is 0 Å². The average molecular weight is 223 g/mol. The van der Waals surface area contributed by atoms with Crippen LogP contribution >= 0.6 is 0 Å². The van der Waals surface area contributed by atoms with E-state index < -0.39 is 5.60 Å². The summed E-state index contributed by atoms with van der Waals surface area (Å²) in [7, 11) is 0. The van der Waals surface area contributed by atoms with E-state index in [1.54, 1.807) is 0 Å². The molecule has 2 rings (SSSR count). The van der Waals surface area contributed by atoms with Crippen molar-refractivity contribution in [3.8, 4) is 0 Å². The van der Waals surface area contributed by atoms with Crippen LogP contribution in [-0.2, 0) is 5.60 Å². The second-order valence-electron chi connectivity index (χ2n) is 4.80. The van der Waals surface area contributed by atoms with E-state index in [4.69, 9.17) is 0 Å². The minimum Gasteiger partial charge on any atom is -0.385 e. The van der Waals surface area contributed by atoms with Gasteiger partial charge in [-0.05, 0) is 43.1 Å². The van der Waals surface area contributed by atoms with Gasteiger partial charge in [0.1, 0.15) is 5.82 Å². The van der Waals surface area contributed by atoms with Crippen molar-refractivity contribution in [3.63, 3.8) is 0 Å². The van der Waals surface area contributed by atoms with Crippen molar-refractivity contribution in [2.24, 2.45) is 5.92 Å². The third-order valence-electron chi connectivity index (χ3n) is 3.49. The Morgan fingerprint density at radius 1 is 1.44 bits per heavy atom. The minimum absolute atomic E-state index is 0.0995. The Bertz CT molecular complexity index is 373. The lowest BCUT2D eigenvalue weighted by Gasteiger charge is -2.39. The molecule has 2 unspecified atom stereocenters. The number of hydrogen-bond acceptors (Lipinski definition) is 2. The lowest BCUT2D eigenvalue weighted by atomic mass is 9.77. The molecule has 2 nitrogen and oxygen atoms in total. The molecule has 88 valence electrons. The van der Waals surface area contributed by atoms with Gasteiger partial charge in [0.25, 0.3) is 0 Å². The quantitative estimate of drug-likeness (QED) is 0.762. The van der Waals surface area contributed by atoms with E-state index in [9.17, 15) is 9.50 Å². The third kappa shape index (κ3) is 1.97. The van der Waals surface area contributed by atoms with Crippen molar-refractivity contribution in [2.75, 3.05) is 13.1 Å². The molecule has 1 aliphatic heterocycles. The van der Waals surface area contributed by atoms with Crippen LogP contribution in [0.15, 0.2) is 18.2 Å².